The van der Waals surface area contributed by atoms with Gasteiger partial charge in [-0.25, -0.2) is 27.5 Å². The first kappa shape index (κ1) is 23.2. The number of anilines is 2. The van der Waals surface area contributed by atoms with Crippen LogP contribution in [-0.2, 0) is 16.9 Å². The number of nitrogens with zero attached hydrogens (tertiary/aromatic N) is 5. The fraction of sp³-hybridized carbons (Fsp3) is 0.273. The first-order chi connectivity index (χ1) is 16.1. The molecule has 0 spiro atoms. The van der Waals surface area contributed by atoms with Gasteiger partial charge >= 0.3 is 0 Å². The number of amides is 1. The Kier molecular flexibility index (Phi) is 5.74. The molecule has 0 radical (unpaired) electrons. The average molecular weight is 473 g/mol. The van der Waals surface area contributed by atoms with E-state index in [4.69, 9.17) is 11.0 Å². The largest absolute Gasteiger partial charge is 0.327 e. The van der Waals surface area contributed by atoms with E-state index in [0.717, 1.165) is 18.3 Å². The lowest BCUT2D eigenvalue weighted by atomic mass is 9.99. The van der Waals surface area contributed by atoms with Gasteiger partial charge in [0.15, 0.2) is 23.3 Å². The van der Waals surface area contributed by atoms with Gasteiger partial charge in [-0.1, -0.05) is 0 Å². The van der Waals surface area contributed by atoms with Crippen LogP contribution in [0.25, 0.3) is 11.3 Å². The van der Waals surface area contributed by atoms with Crippen molar-refractivity contribution in [1.29, 1.82) is 5.26 Å². The minimum absolute atomic E-state index is 0.0487. The summed E-state index contributed by atoms with van der Waals surface area (Å²) in [6.45, 7) is 3.75. The number of hydrogen-bond acceptors (Lipinski definition) is 6. The van der Waals surface area contributed by atoms with Gasteiger partial charge in [0, 0.05) is 24.7 Å². The molecule has 176 valence electrons. The molecular formula is C22H19F4N7O. The van der Waals surface area contributed by atoms with E-state index in [-0.39, 0.29) is 54.0 Å². The lowest BCUT2D eigenvalue weighted by Gasteiger charge is -2.42. The van der Waals surface area contributed by atoms with Crippen LogP contribution in [-0.4, -0.2) is 38.4 Å². The molecular weight excluding hydrogens is 454 g/mol. The molecule has 3 heterocycles. The van der Waals surface area contributed by atoms with Gasteiger partial charge in [0.05, 0.1) is 23.8 Å². The standard InChI is InChI=1S/C22H19F4N7O/c1-22(2)21-31-19(11-5-13(23)18(26)14(24)6-11)20(32(21)3-4-33(22)17(34)9-28)30-16-7-12(8-27)15(25)10-29-16/h5-7,10H,3-4,9,28H2,1-2H3,(H,29,30). The summed E-state index contributed by atoms with van der Waals surface area (Å²) in [5.74, 6) is -4.90. The third-order valence-corrected chi connectivity index (χ3v) is 5.69. The number of carbonyl (C=O) groups is 1. The predicted octanol–water partition coefficient (Wildman–Crippen LogP) is 3.15. The highest BCUT2D eigenvalue weighted by Gasteiger charge is 2.41. The topological polar surface area (TPSA) is 113 Å². The number of carbonyl (C=O) groups excluding carboxylic acids is 1. The van der Waals surface area contributed by atoms with Crippen LogP contribution in [0.15, 0.2) is 24.4 Å². The van der Waals surface area contributed by atoms with Crippen molar-refractivity contribution < 1.29 is 22.4 Å². The number of rotatable bonds is 4. The highest BCUT2D eigenvalue weighted by atomic mass is 19.2. The van der Waals surface area contributed by atoms with E-state index in [1.54, 1.807) is 29.4 Å². The van der Waals surface area contributed by atoms with Crippen molar-refractivity contribution >= 4 is 17.5 Å². The molecule has 1 amide bonds. The van der Waals surface area contributed by atoms with E-state index in [0.29, 0.717) is 5.82 Å². The van der Waals surface area contributed by atoms with Crippen LogP contribution in [0.5, 0.6) is 0 Å². The Bertz CT molecular complexity index is 1320. The molecule has 1 aromatic carbocycles. The van der Waals surface area contributed by atoms with Gasteiger partial charge in [0.25, 0.3) is 0 Å². The molecule has 1 aliphatic heterocycles. The van der Waals surface area contributed by atoms with E-state index in [1.807, 2.05) is 0 Å². The number of halogens is 4. The van der Waals surface area contributed by atoms with Crippen LogP contribution in [0.1, 0.15) is 25.2 Å². The molecule has 0 fully saturated rings. The molecule has 1 aliphatic rings. The second-order valence-corrected chi connectivity index (χ2v) is 8.13. The van der Waals surface area contributed by atoms with Crippen molar-refractivity contribution in [2.75, 3.05) is 18.4 Å². The van der Waals surface area contributed by atoms with Gasteiger partial charge in [-0.3, -0.25) is 4.79 Å². The molecule has 0 unspecified atom stereocenters. The van der Waals surface area contributed by atoms with Crippen molar-refractivity contribution in [3.05, 3.63) is 59.1 Å². The molecule has 3 aromatic rings. The number of nitriles is 1. The Morgan fingerprint density at radius 3 is 2.47 bits per heavy atom. The smallest absolute Gasteiger partial charge is 0.237 e. The van der Waals surface area contributed by atoms with E-state index < -0.39 is 28.8 Å². The second kappa shape index (κ2) is 8.42. The fourth-order valence-corrected chi connectivity index (χ4v) is 4.02. The number of benzene rings is 1. The van der Waals surface area contributed by atoms with Crippen LogP contribution in [0, 0.1) is 34.6 Å². The van der Waals surface area contributed by atoms with Crippen molar-refractivity contribution in [3.8, 4) is 17.3 Å². The zero-order valence-corrected chi connectivity index (χ0v) is 18.2. The second-order valence-electron chi connectivity index (χ2n) is 8.13. The summed E-state index contributed by atoms with van der Waals surface area (Å²) >= 11 is 0. The summed E-state index contributed by atoms with van der Waals surface area (Å²) in [5, 5.41) is 12.1. The lowest BCUT2D eigenvalue weighted by Crippen LogP contribution is -2.53. The average Bonchev–Trinajstić information content (AvgIpc) is 3.17. The Morgan fingerprint density at radius 1 is 1.18 bits per heavy atom. The normalized spacial score (nSPS) is 14.5. The van der Waals surface area contributed by atoms with Gasteiger partial charge in [-0.05, 0) is 26.0 Å². The number of fused-ring (bicyclic) bond motifs is 1. The van der Waals surface area contributed by atoms with E-state index in [9.17, 15) is 22.4 Å². The number of hydrogen-bond donors (Lipinski definition) is 2. The highest BCUT2D eigenvalue weighted by molar-refractivity contribution is 5.80. The first-order valence-electron chi connectivity index (χ1n) is 10.2. The van der Waals surface area contributed by atoms with Crippen LogP contribution in [0.3, 0.4) is 0 Å². The summed E-state index contributed by atoms with van der Waals surface area (Å²) in [5.41, 5.74) is 4.29. The minimum Gasteiger partial charge on any atom is -0.327 e. The van der Waals surface area contributed by atoms with Crippen LogP contribution in [0.2, 0.25) is 0 Å². The maximum atomic E-state index is 14.0. The molecule has 0 bridgehead atoms. The molecule has 12 heteroatoms. The van der Waals surface area contributed by atoms with E-state index in [2.05, 4.69) is 15.3 Å². The molecule has 34 heavy (non-hydrogen) atoms. The Balaban J connectivity index is 1.92. The van der Waals surface area contributed by atoms with Crippen LogP contribution in [0.4, 0.5) is 29.2 Å². The molecule has 0 aliphatic carbocycles. The van der Waals surface area contributed by atoms with E-state index >= 15 is 0 Å². The van der Waals surface area contributed by atoms with Gasteiger partial charge in [-0.2, -0.15) is 5.26 Å². The van der Waals surface area contributed by atoms with E-state index in [1.165, 1.54) is 6.07 Å². The molecule has 0 saturated carbocycles. The summed E-state index contributed by atoms with van der Waals surface area (Å²) in [7, 11) is 0. The summed E-state index contributed by atoms with van der Waals surface area (Å²) in [4.78, 5) is 22.4. The lowest BCUT2D eigenvalue weighted by molar-refractivity contribution is -0.137. The van der Waals surface area contributed by atoms with Gasteiger partial charge < -0.3 is 20.5 Å². The monoisotopic (exact) mass is 473 g/mol. The SMILES string of the molecule is CC1(C)c2nc(-c3cc(F)c(F)c(F)c3)c(Nc3cc(C#N)c(F)cn3)n2CCN1C(=O)CN. The predicted molar refractivity (Wildman–Crippen MR) is 114 cm³/mol. The van der Waals surface area contributed by atoms with Gasteiger partial charge in [0.2, 0.25) is 5.91 Å². The number of pyridine rings is 1. The summed E-state index contributed by atoms with van der Waals surface area (Å²) in [6, 6.07) is 4.47. The van der Waals surface area contributed by atoms with Crippen molar-refractivity contribution in [2.45, 2.75) is 25.9 Å². The molecule has 4 rings (SSSR count). The quantitative estimate of drug-likeness (QED) is 0.445. The van der Waals surface area contributed by atoms with Gasteiger partial charge in [0.1, 0.15) is 29.2 Å². The Morgan fingerprint density at radius 2 is 1.85 bits per heavy atom. The maximum Gasteiger partial charge on any atom is 0.237 e. The van der Waals surface area contributed by atoms with Crippen molar-refractivity contribution in [3.63, 3.8) is 0 Å². The van der Waals surface area contributed by atoms with Crippen LogP contribution >= 0.6 is 0 Å². The fourth-order valence-electron chi connectivity index (χ4n) is 4.02. The molecule has 0 saturated heterocycles. The summed E-state index contributed by atoms with van der Waals surface area (Å²) in [6.07, 6.45) is 0.858. The highest BCUT2D eigenvalue weighted by Crippen LogP contribution is 2.40. The number of imidazole rings is 1. The van der Waals surface area contributed by atoms with Crippen LogP contribution < -0.4 is 11.1 Å². The first-order valence-corrected chi connectivity index (χ1v) is 10.2. The number of aromatic nitrogens is 3. The molecule has 8 nitrogen and oxygen atoms in total. The number of nitrogens with two attached hydrogens (primary N) is 1. The Labute approximate surface area is 191 Å². The van der Waals surface area contributed by atoms with Crippen molar-refractivity contribution in [2.24, 2.45) is 5.73 Å². The summed E-state index contributed by atoms with van der Waals surface area (Å²) < 4.78 is 57.1. The molecule has 3 N–H and O–H groups in total. The number of nitrogens with one attached hydrogen (secondary N) is 1. The van der Waals surface area contributed by atoms with Crippen molar-refractivity contribution in [1.82, 2.24) is 19.4 Å². The molecule has 2 aromatic heterocycles. The zero-order valence-electron chi connectivity index (χ0n) is 18.2. The maximum absolute atomic E-state index is 14.0. The third-order valence-electron chi connectivity index (χ3n) is 5.69. The minimum atomic E-state index is -1.62. The Hall–Kier alpha value is -3.98. The third kappa shape index (κ3) is 3.73. The zero-order chi connectivity index (χ0) is 24.8. The molecule has 0 atom stereocenters. The van der Waals surface area contributed by atoms with Gasteiger partial charge in [-0.15, -0.1) is 0 Å².